The largest absolute Gasteiger partial charge is 0.356 e. The third kappa shape index (κ3) is 5.42. The summed E-state index contributed by atoms with van der Waals surface area (Å²) in [6.45, 7) is 10.1. The predicted molar refractivity (Wildman–Crippen MR) is 118 cm³/mol. The van der Waals surface area contributed by atoms with Gasteiger partial charge in [-0.1, -0.05) is 19.9 Å². The fourth-order valence-corrected chi connectivity index (χ4v) is 3.76. The molecule has 1 aliphatic heterocycles. The van der Waals surface area contributed by atoms with E-state index in [1.54, 1.807) is 11.3 Å². The van der Waals surface area contributed by atoms with Gasteiger partial charge < -0.3 is 14.8 Å². The van der Waals surface area contributed by atoms with Crippen molar-refractivity contribution in [2.75, 3.05) is 19.6 Å². The molecule has 2 aromatic heterocycles. The number of guanidine groups is 1. The molecule has 0 amide bonds. The Morgan fingerprint density at radius 3 is 2.77 bits per heavy atom. The molecule has 1 aliphatic rings. The molecule has 0 saturated carbocycles. The van der Waals surface area contributed by atoms with Crippen LogP contribution in [0.4, 0.5) is 0 Å². The molecule has 0 unspecified atom stereocenters. The number of aryl methyl sites for hydroxylation is 1. The lowest BCUT2D eigenvalue weighted by Crippen LogP contribution is -2.41. The monoisotopic (exact) mass is 488 g/mol. The van der Waals surface area contributed by atoms with Crippen LogP contribution in [0.1, 0.15) is 36.8 Å². The zero-order valence-electron chi connectivity index (χ0n) is 16.0. The minimum absolute atomic E-state index is 0. The Balaban J connectivity index is 0.00000243. The van der Waals surface area contributed by atoms with Gasteiger partial charge in [-0.05, 0) is 36.6 Å². The molecule has 8 heteroatoms. The van der Waals surface area contributed by atoms with E-state index in [4.69, 9.17) is 4.99 Å². The first-order valence-corrected chi connectivity index (χ1v) is 9.73. The quantitative estimate of drug-likeness (QED) is 0.399. The van der Waals surface area contributed by atoms with Gasteiger partial charge >= 0.3 is 0 Å². The van der Waals surface area contributed by atoms with Crippen LogP contribution < -0.4 is 5.32 Å². The lowest BCUT2D eigenvalue weighted by Gasteiger charge is -2.24. The smallest absolute Gasteiger partial charge is 0.194 e. The van der Waals surface area contributed by atoms with Gasteiger partial charge in [0.2, 0.25) is 0 Å². The second kappa shape index (κ2) is 9.16. The highest BCUT2D eigenvalue weighted by molar-refractivity contribution is 14.0. The van der Waals surface area contributed by atoms with Gasteiger partial charge in [0.25, 0.3) is 0 Å². The molecule has 144 valence electrons. The molecule has 26 heavy (non-hydrogen) atoms. The van der Waals surface area contributed by atoms with E-state index in [1.165, 1.54) is 11.3 Å². The van der Waals surface area contributed by atoms with Gasteiger partial charge in [0.1, 0.15) is 12.4 Å². The second-order valence-corrected chi connectivity index (χ2v) is 8.49. The first-order chi connectivity index (χ1) is 11.9. The second-order valence-electron chi connectivity index (χ2n) is 7.45. The standard InChI is InChI=1S/C18H28N6S.HI/c1-14-21-22-16(23(14)4)12-20-17(24-10-8-18(2,3)13-24)19-9-7-15-6-5-11-25-15;/h5-6,11H,7-10,12-13H2,1-4H3,(H,19,20);1H. The zero-order valence-corrected chi connectivity index (χ0v) is 19.2. The van der Waals surface area contributed by atoms with Crippen molar-refractivity contribution in [3.63, 3.8) is 0 Å². The summed E-state index contributed by atoms with van der Waals surface area (Å²) in [6.07, 6.45) is 2.22. The predicted octanol–water partition coefficient (Wildman–Crippen LogP) is 3.22. The summed E-state index contributed by atoms with van der Waals surface area (Å²) in [5, 5.41) is 14.0. The molecule has 1 fully saturated rings. The third-order valence-corrected chi connectivity index (χ3v) is 5.70. The lowest BCUT2D eigenvalue weighted by atomic mass is 9.93. The van der Waals surface area contributed by atoms with Crippen LogP contribution in [0.3, 0.4) is 0 Å². The minimum atomic E-state index is 0. The maximum absolute atomic E-state index is 4.85. The number of nitrogens with zero attached hydrogens (tertiary/aromatic N) is 5. The molecule has 0 spiro atoms. The number of aliphatic imine (C=N–C) groups is 1. The first-order valence-electron chi connectivity index (χ1n) is 8.85. The maximum atomic E-state index is 4.85. The van der Waals surface area contributed by atoms with E-state index in [1.807, 2.05) is 18.5 Å². The Hall–Kier alpha value is -1.16. The van der Waals surface area contributed by atoms with E-state index in [2.05, 4.69) is 51.8 Å². The van der Waals surface area contributed by atoms with E-state index in [0.29, 0.717) is 12.0 Å². The average Bonchev–Trinajstić information content (AvgIpc) is 3.27. The summed E-state index contributed by atoms with van der Waals surface area (Å²) in [4.78, 5) is 8.62. The first kappa shape index (κ1) is 21.1. The highest BCUT2D eigenvalue weighted by atomic mass is 127. The molecule has 0 radical (unpaired) electrons. The van der Waals surface area contributed by atoms with Crippen LogP contribution in [-0.2, 0) is 20.0 Å². The van der Waals surface area contributed by atoms with Crippen LogP contribution in [0.5, 0.6) is 0 Å². The number of aromatic nitrogens is 3. The van der Waals surface area contributed by atoms with Crippen molar-refractivity contribution in [1.29, 1.82) is 0 Å². The molecule has 0 aliphatic carbocycles. The number of hydrogen-bond acceptors (Lipinski definition) is 4. The minimum Gasteiger partial charge on any atom is -0.356 e. The molecule has 1 saturated heterocycles. The molecule has 0 bridgehead atoms. The van der Waals surface area contributed by atoms with Gasteiger partial charge in [-0.25, -0.2) is 4.99 Å². The summed E-state index contributed by atoms with van der Waals surface area (Å²) in [5.41, 5.74) is 0.345. The topological polar surface area (TPSA) is 58.3 Å². The maximum Gasteiger partial charge on any atom is 0.194 e. The zero-order chi connectivity index (χ0) is 17.9. The van der Waals surface area contributed by atoms with Gasteiger partial charge in [-0.2, -0.15) is 0 Å². The van der Waals surface area contributed by atoms with E-state index in [0.717, 1.165) is 43.7 Å². The van der Waals surface area contributed by atoms with Gasteiger partial charge in [-0.15, -0.1) is 45.5 Å². The number of thiophene rings is 1. The molecule has 2 aromatic rings. The Morgan fingerprint density at radius 1 is 1.38 bits per heavy atom. The average molecular weight is 488 g/mol. The van der Waals surface area contributed by atoms with Crippen molar-refractivity contribution < 1.29 is 0 Å². The number of nitrogens with one attached hydrogen (secondary N) is 1. The van der Waals surface area contributed by atoms with E-state index >= 15 is 0 Å². The van der Waals surface area contributed by atoms with Crippen molar-refractivity contribution in [1.82, 2.24) is 25.0 Å². The summed E-state index contributed by atoms with van der Waals surface area (Å²) in [5.74, 6) is 2.80. The van der Waals surface area contributed by atoms with Crippen LogP contribution in [0, 0.1) is 12.3 Å². The Labute approximate surface area is 177 Å². The van der Waals surface area contributed by atoms with Crippen molar-refractivity contribution in [2.24, 2.45) is 17.5 Å². The highest BCUT2D eigenvalue weighted by Crippen LogP contribution is 2.28. The molecule has 6 nitrogen and oxygen atoms in total. The Bertz CT molecular complexity index is 722. The fourth-order valence-electron chi connectivity index (χ4n) is 3.05. The van der Waals surface area contributed by atoms with Crippen molar-refractivity contribution in [3.05, 3.63) is 34.0 Å². The molecule has 3 heterocycles. The summed E-state index contributed by atoms with van der Waals surface area (Å²) < 4.78 is 2.00. The van der Waals surface area contributed by atoms with Crippen LogP contribution in [0.2, 0.25) is 0 Å². The fraction of sp³-hybridized carbons (Fsp3) is 0.611. The van der Waals surface area contributed by atoms with E-state index in [9.17, 15) is 0 Å². The van der Waals surface area contributed by atoms with Crippen molar-refractivity contribution >= 4 is 41.3 Å². The molecule has 0 aromatic carbocycles. The summed E-state index contributed by atoms with van der Waals surface area (Å²) in [6, 6.07) is 4.29. The van der Waals surface area contributed by atoms with Gasteiger partial charge in [0.05, 0.1) is 0 Å². The summed E-state index contributed by atoms with van der Waals surface area (Å²) in [7, 11) is 1.99. The van der Waals surface area contributed by atoms with Crippen molar-refractivity contribution in [2.45, 2.75) is 40.2 Å². The highest BCUT2D eigenvalue weighted by Gasteiger charge is 2.31. The van der Waals surface area contributed by atoms with Crippen LogP contribution in [0.25, 0.3) is 0 Å². The number of hydrogen-bond donors (Lipinski definition) is 1. The normalized spacial score (nSPS) is 16.6. The number of halogens is 1. The van der Waals surface area contributed by atoms with E-state index in [-0.39, 0.29) is 24.0 Å². The molecule has 0 atom stereocenters. The van der Waals surface area contributed by atoms with Crippen LogP contribution in [0.15, 0.2) is 22.5 Å². The SMILES string of the molecule is Cc1nnc(CN=C(NCCc2cccs2)N2CCC(C)(C)C2)n1C.I. The van der Waals surface area contributed by atoms with Gasteiger partial charge in [0.15, 0.2) is 11.8 Å². The van der Waals surface area contributed by atoms with Gasteiger partial charge in [-0.3, -0.25) is 0 Å². The Morgan fingerprint density at radius 2 is 2.19 bits per heavy atom. The van der Waals surface area contributed by atoms with Crippen molar-refractivity contribution in [3.8, 4) is 0 Å². The Kier molecular flexibility index (Phi) is 7.45. The van der Waals surface area contributed by atoms with Gasteiger partial charge in [0, 0.05) is 31.6 Å². The van der Waals surface area contributed by atoms with Crippen LogP contribution in [-0.4, -0.2) is 45.3 Å². The number of likely N-dealkylation sites (tertiary alicyclic amines) is 1. The molecular weight excluding hydrogens is 459 g/mol. The third-order valence-electron chi connectivity index (χ3n) is 4.76. The molecule has 1 N–H and O–H groups in total. The number of rotatable bonds is 5. The van der Waals surface area contributed by atoms with Crippen LogP contribution >= 0.6 is 35.3 Å². The lowest BCUT2D eigenvalue weighted by molar-refractivity contribution is 0.369. The molecular formula is C18H29IN6S. The summed E-state index contributed by atoms with van der Waals surface area (Å²) >= 11 is 1.81. The van der Waals surface area contributed by atoms with E-state index < -0.39 is 0 Å². The molecule has 3 rings (SSSR count).